The molecule has 1 aromatic heterocycles. The summed E-state index contributed by atoms with van der Waals surface area (Å²) in [6.45, 7) is -0.452. The van der Waals surface area contributed by atoms with Gasteiger partial charge < -0.3 is 19.1 Å². The van der Waals surface area contributed by atoms with Crippen LogP contribution in [0.4, 0.5) is 0 Å². The van der Waals surface area contributed by atoms with Crippen LogP contribution in [0.3, 0.4) is 0 Å². The van der Waals surface area contributed by atoms with Gasteiger partial charge in [0.05, 0.1) is 5.97 Å². The topological polar surface area (TPSA) is 75.4 Å². The zero-order valence-corrected chi connectivity index (χ0v) is 22.4. The maximum absolute atomic E-state index is 10.6. The van der Waals surface area contributed by atoms with Gasteiger partial charge in [-0.05, 0) is 49.3 Å². The van der Waals surface area contributed by atoms with Crippen LogP contribution < -0.4 is 39.4 Å². The maximum atomic E-state index is 10.6. The Morgan fingerprint density at radius 1 is 0.944 bits per heavy atom. The number of hydrogen-bond donors (Lipinski definition) is 0. The van der Waals surface area contributed by atoms with Gasteiger partial charge >= 0.3 is 29.6 Å². The number of carbonyl (C=O) groups excluding carboxylic acids is 1. The molecule has 5 nitrogen and oxygen atoms in total. The van der Waals surface area contributed by atoms with Crippen LogP contribution in [0.25, 0.3) is 28.2 Å². The molecule has 36 heavy (non-hydrogen) atoms. The molecule has 0 aliphatic heterocycles. The van der Waals surface area contributed by atoms with Crippen molar-refractivity contribution < 1.29 is 48.6 Å². The first-order valence-electron chi connectivity index (χ1n) is 11.9. The molecular weight excluding hydrogens is 461 g/mol. The minimum Gasteiger partial charge on any atom is -0.546 e. The molecule has 5 rings (SSSR count). The summed E-state index contributed by atoms with van der Waals surface area (Å²) in [6.07, 6.45) is 6.29. The van der Waals surface area contributed by atoms with E-state index >= 15 is 0 Å². The van der Waals surface area contributed by atoms with E-state index in [2.05, 4.69) is 18.2 Å². The van der Waals surface area contributed by atoms with E-state index in [1.807, 2.05) is 60.7 Å². The van der Waals surface area contributed by atoms with Crippen molar-refractivity contribution in [2.75, 3.05) is 6.61 Å². The number of ether oxygens (including phenoxy) is 1. The number of aliphatic carboxylic acids is 1. The molecule has 0 amide bonds. The first-order valence-corrected chi connectivity index (χ1v) is 11.9. The molecule has 1 aliphatic rings. The van der Waals surface area contributed by atoms with Crippen LogP contribution in [-0.2, 0) is 11.2 Å². The van der Waals surface area contributed by atoms with Gasteiger partial charge in [0.15, 0.2) is 5.76 Å². The number of allylic oxidation sites excluding steroid dienone is 2. The van der Waals surface area contributed by atoms with Crippen molar-refractivity contribution in [1.82, 2.24) is 4.98 Å². The molecule has 0 fully saturated rings. The molecule has 0 saturated carbocycles. The Balaban J connectivity index is 0.00000304. The van der Waals surface area contributed by atoms with Crippen LogP contribution in [0, 0.1) is 5.92 Å². The molecule has 0 bridgehead atoms. The fourth-order valence-corrected chi connectivity index (χ4v) is 4.59. The van der Waals surface area contributed by atoms with Crippen molar-refractivity contribution >= 4 is 11.5 Å². The SMILES string of the molecule is O=C([O-])COc1ccc(CC2CCCC=C2c2nc(-c3ccccc3)c(-c3ccccc3)o2)cc1.[Na+]. The standard InChI is InChI=1S/C30H27NO4.Na/c32-27(33)20-34-25-17-15-21(16-18-25)19-24-13-7-8-14-26(24)30-31-28(22-9-3-1-4-10-22)29(35-30)23-11-5-2-6-12-23;/h1-6,9-12,14-18,24H,7-8,13,19-20H2,(H,32,33);/q;+1/p-1. The van der Waals surface area contributed by atoms with Crippen LogP contribution in [0.2, 0.25) is 0 Å². The summed E-state index contributed by atoms with van der Waals surface area (Å²) in [6, 6.07) is 27.8. The van der Waals surface area contributed by atoms with Gasteiger partial charge in [-0.3, -0.25) is 0 Å². The van der Waals surface area contributed by atoms with E-state index in [1.165, 1.54) is 0 Å². The summed E-state index contributed by atoms with van der Waals surface area (Å²) < 4.78 is 11.7. The third kappa shape index (κ3) is 6.16. The molecular formula is C30H26NNaO4. The number of benzene rings is 3. The van der Waals surface area contributed by atoms with Gasteiger partial charge in [0.1, 0.15) is 18.1 Å². The fraction of sp³-hybridized carbons (Fsp3) is 0.200. The number of carboxylic acids is 1. The summed E-state index contributed by atoms with van der Waals surface area (Å²) >= 11 is 0. The quantitative estimate of drug-likeness (QED) is 0.357. The van der Waals surface area contributed by atoms with E-state index in [0.29, 0.717) is 11.6 Å². The van der Waals surface area contributed by atoms with Gasteiger partial charge in [0.2, 0.25) is 5.89 Å². The van der Waals surface area contributed by atoms with Gasteiger partial charge in [0.25, 0.3) is 0 Å². The normalized spacial score (nSPS) is 15.0. The molecule has 1 atom stereocenters. The molecule has 0 N–H and O–H groups in total. The second-order valence-corrected chi connectivity index (χ2v) is 8.72. The van der Waals surface area contributed by atoms with Crippen LogP contribution in [-0.4, -0.2) is 17.6 Å². The van der Waals surface area contributed by atoms with Crippen LogP contribution in [0.5, 0.6) is 5.75 Å². The van der Waals surface area contributed by atoms with E-state index in [1.54, 1.807) is 12.1 Å². The summed E-state index contributed by atoms with van der Waals surface area (Å²) in [7, 11) is 0. The maximum Gasteiger partial charge on any atom is 1.00 e. The van der Waals surface area contributed by atoms with Crippen LogP contribution in [0.15, 0.2) is 95.4 Å². The van der Waals surface area contributed by atoms with Gasteiger partial charge in [0, 0.05) is 16.7 Å². The third-order valence-electron chi connectivity index (χ3n) is 6.28. The zero-order valence-electron chi connectivity index (χ0n) is 20.4. The van der Waals surface area contributed by atoms with Crippen molar-refractivity contribution in [3.63, 3.8) is 0 Å². The number of oxazole rings is 1. The fourth-order valence-electron chi connectivity index (χ4n) is 4.59. The molecule has 176 valence electrons. The first-order chi connectivity index (χ1) is 17.2. The second kappa shape index (κ2) is 12.2. The van der Waals surface area contributed by atoms with Gasteiger partial charge in [-0.25, -0.2) is 4.98 Å². The average molecular weight is 488 g/mol. The zero-order chi connectivity index (χ0) is 24.0. The number of carbonyl (C=O) groups is 1. The Bertz CT molecular complexity index is 1260. The summed E-state index contributed by atoms with van der Waals surface area (Å²) in [5, 5.41) is 10.6. The number of rotatable bonds is 8. The number of hydrogen-bond acceptors (Lipinski definition) is 5. The summed E-state index contributed by atoms with van der Waals surface area (Å²) in [5.41, 5.74) is 5.19. The molecule has 1 unspecified atom stereocenters. The number of aromatic nitrogens is 1. The molecule has 3 aromatic carbocycles. The average Bonchev–Trinajstić information content (AvgIpc) is 3.35. The van der Waals surface area contributed by atoms with Crippen molar-refractivity contribution in [1.29, 1.82) is 0 Å². The van der Waals surface area contributed by atoms with Crippen molar-refractivity contribution in [3.8, 4) is 28.3 Å². The number of nitrogens with zero attached hydrogens (tertiary/aromatic N) is 1. The Morgan fingerprint density at radius 2 is 1.61 bits per heavy atom. The van der Waals surface area contributed by atoms with Crippen LogP contribution in [0.1, 0.15) is 30.7 Å². The molecule has 4 aromatic rings. The second-order valence-electron chi connectivity index (χ2n) is 8.72. The predicted octanol–water partition coefficient (Wildman–Crippen LogP) is 2.57. The van der Waals surface area contributed by atoms with Gasteiger partial charge in [-0.2, -0.15) is 0 Å². The Morgan fingerprint density at radius 3 is 2.28 bits per heavy atom. The Hall–Kier alpha value is -3.12. The largest absolute Gasteiger partial charge is 1.00 e. The summed E-state index contributed by atoms with van der Waals surface area (Å²) in [4.78, 5) is 15.6. The Labute approximate surface area is 233 Å². The monoisotopic (exact) mass is 487 g/mol. The summed E-state index contributed by atoms with van der Waals surface area (Å²) in [5.74, 6) is 1.03. The number of carboxylic acid groups (broad SMARTS) is 1. The van der Waals surface area contributed by atoms with Gasteiger partial charge in [-0.15, -0.1) is 0 Å². The first kappa shape index (κ1) is 26.0. The van der Waals surface area contributed by atoms with E-state index in [-0.39, 0.29) is 35.5 Å². The molecule has 0 radical (unpaired) electrons. The third-order valence-corrected chi connectivity index (χ3v) is 6.28. The predicted molar refractivity (Wildman–Crippen MR) is 133 cm³/mol. The van der Waals surface area contributed by atoms with Crippen LogP contribution >= 0.6 is 0 Å². The van der Waals surface area contributed by atoms with Gasteiger partial charge in [-0.1, -0.05) is 78.9 Å². The van der Waals surface area contributed by atoms with Crippen molar-refractivity contribution in [2.45, 2.75) is 25.7 Å². The molecule has 0 spiro atoms. The smallest absolute Gasteiger partial charge is 0.546 e. The minimum atomic E-state index is -1.23. The minimum absolute atomic E-state index is 0. The van der Waals surface area contributed by atoms with E-state index in [0.717, 1.165) is 59.4 Å². The van der Waals surface area contributed by atoms with Crippen molar-refractivity contribution in [3.05, 3.63) is 102 Å². The molecule has 1 heterocycles. The molecule has 0 saturated heterocycles. The Kier molecular flexibility index (Phi) is 8.81. The van der Waals surface area contributed by atoms with Crippen molar-refractivity contribution in [2.24, 2.45) is 5.92 Å². The molecule has 6 heteroatoms. The van der Waals surface area contributed by atoms with E-state index in [4.69, 9.17) is 14.1 Å². The van der Waals surface area contributed by atoms with E-state index < -0.39 is 12.6 Å². The molecule has 1 aliphatic carbocycles. The van der Waals surface area contributed by atoms with E-state index in [9.17, 15) is 9.90 Å².